The molecule has 1 aliphatic heterocycles. The maximum absolute atomic E-state index is 13.4. The molecule has 3 aromatic carbocycles. The first kappa shape index (κ1) is 23.4. The minimum Gasteiger partial charge on any atom is -0.346 e. The maximum Gasteiger partial charge on any atom is 0.255 e. The minimum atomic E-state index is -0.614. The van der Waals surface area contributed by atoms with Gasteiger partial charge in [-0.1, -0.05) is 79.4 Å². The van der Waals surface area contributed by atoms with E-state index in [1.165, 1.54) is 11.1 Å². The van der Waals surface area contributed by atoms with Crippen molar-refractivity contribution in [1.29, 1.82) is 0 Å². The Morgan fingerprint density at radius 3 is 2.33 bits per heavy atom. The summed E-state index contributed by atoms with van der Waals surface area (Å²) in [5.74, 6) is 0.710. The van der Waals surface area contributed by atoms with Gasteiger partial charge in [-0.05, 0) is 42.7 Å². The molecule has 1 aromatic heterocycles. The number of amides is 1. The van der Waals surface area contributed by atoms with Gasteiger partial charge in [0.1, 0.15) is 11.5 Å². The molecule has 0 saturated heterocycles. The number of rotatable bonds is 7. The van der Waals surface area contributed by atoms with Crippen LogP contribution in [0.5, 0.6) is 0 Å². The number of H-pyrrole nitrogens is 1. The molecule has 2 heterocycles. The Morgan fingerprint density at radius 2 is 1.67 bits per heavy atom. The number of carbonyl (C=O) groups excluding carboxylic acids is 1. The van der Waals surface area contributed by atoms with Gasteiger partial charge in [-0.3, -0.25) is 4.79 Å². The number of aliphatic imine (C=N–C) groups is 1. The van der Waals surface area contributed by atoms with Crippen LogP contribution in [-0.4, -0.2) is 22.8 Å². The summed E-state index contributed by atoms with van der Waals surface area (Å²) in [7, 11) is 0. The molecule has 1 unspecified atom stereocenters. The minimum absolute atomic E-state index is 0.0615. The highest BCUT2D eigenvalue weighted by Crippen LogP contribution is 2.39. The second kappa shape index (κ2) is 9.70. The largest absolute Gasteiger partial charge is 0.346 e. The van der Waals surface area contributed by atoms with Gasteiger partial charge in [-0.2, -0.15) is 0 Å². The summed E-state index contributed by atoms with van der Waals surface area (Å²) in [4.78, 5) is 23.4. The Morgan fingerprint density at radius 1 is 0.972 bits per heavy atom. The number of anilines is 1. The maximum atomic E-state index is 13.4. The molecule has 0 bridgehead atoms. The molecular weight excluding hydrogens is 444 g/mol. The van der Waals surface area contributed by atoms with Gasteiger partial charge in [-0.25, -0.2) is 4.99 Å². The summed E-state index contributed by atoms with van der Waals surface area (Å²) in [5.41, 5.74) is 6.26. The number of aromatic amines is 1. The number of hydrogen-bond donors (Lipinski definition) is 2. The zero-order chi connectivity index (χ0) is 25.1. The van der Waals surface area contributed by atoms with Crippen molar-refractivity contribution < 1.29 is 4.79 Å². The molecule has 1 aliphatic rings. The van der Waals surface area contributed by atoms with Gasteiger partial charge >= 0.3 is 0 Å². The van der Waals surface area contributed by atoms with E-state index in [-0.39, 0.29) is 5.91 Å². The molecule has 36 heavy (non-hydrogen) atoms. The van der Waals surface area contributed by atoms with E-state index in [0.717, 1.165) is 28.2 Å². The summed E-state index contributed by atoms with van der Waals surface area (Å²) in [6, 6.07) is 26.7. The van der Waals surface area contributed by atoms with Crippen LogP contribution in [0, 0.1) is 0 Å². The Balaban J connectivity index is 1.64. The molecule has 0 spiro atoms. The zero-order valence-electron chi connectivity index (χ0n) is 20.7. The van der Waals surface area contributed by atoms with Gasteiger partial charge in [0.2, 0.25) is 0 Å². The third-order valence-corrected chi connectivity index (χ3v) is 6.76. The first-order valence-electron chi connectivity index (χ1n) is 12.2. The van der Waals surface area contributed by atoms with Gasteiger partial charge in [-0.15, -0.1) is 0 Å². The lowest BCUT2D eigenvalue weighted by molar-refractivity contribution is 0.0887. The molecule has 0 aliphatic carbocycles. The molecule has 1 atom stereocenters. The molecule has 5 nitrogen and oxygen atoms in total. The van der Waals surface area contributed by atoms with Crippen molar-refractivity contribution in [1.82, 2.24) is 10.3 Å². The number of fused-ring (bicyclic) bond motifs is 1. The molecule has 0 radical (unpaired) electrons. The van der Waals surface area contributed by atoms with E-state index in [4.69, 9.17) is 0 Å². The van der Waals surface area contributed by atoms with E-state index < -0.39 is 5.66 Å². The van der Waals surface area contributed by atoms with E-state index in [1.807, 2.05) is 55.6 Å². The van der Waals surface area contributed by atoms with Gasteiger partial charge < -0.3 is 15.2 Å². The number of nitrogens with zero attached hydrogens (tertiary/aromatic N) is 2. The molecule has 4 aromatic rings. The molecular formula is C31H30N4O. The molecule has 2 N–H and O–H groups in total. The Bertz CT molecular complexity index is 1420. The fourth-order valence-corrected chi connectivity index (χ4v) is 5.02. The molecule has 5 rings (SSSR count). The lowest BCUT2D eigenvalue weighted by Crippen LogP contribution is -2.63. The second-order valence-corrected chi connectivity index (χ2v) is 9.25. The quantitative estimate of drug-likeness (QED) is 0.291. The lowest BCUT2D eigenvalue weighted by Gasteiger charge is -2.47. The average molecular weight is 475 g/mol. The van der Waals surface area contributed by atoms with E-state index in [2.05, 4.69) is 76.2 Å². The second-order valence-electron chi connectivity index (χ2n) is 9.25. The monoisotopic (exact) mass is 474 g/mol. The van der Waals surface area contributed by atoms with Crippen molar-refractivity contribution in [3.8, 4) is 11.1 Å². The molecule has 0 saturated carbocycles. The molecule has 180 valence electrons. The summed E-state index contributed by atoms with van der Waals surface area (Å²) in [6.45, 7) is 8.66. The van der Waals surface area contributed by atoms with Crippen LogP contribution in [0.25, 0.3) is 17.2 Å². The van der Waals surface area contributed by atoms with Crippen LogP contribution in [0.1, 0.15) is 40.9 Å². The topological polar surface area (TPSA) is 60.5 Å². The summed E-state index contributed by atoms with van der Waals surface area (Å²) in [5, 5.41) is 3.32. The van der Waals surface area contributed by atoms with E-state index >= 15 is 0 Å². The number of carbonyl (C=O) groups is 1. The zero-order valence-corrected chi connectivity index (χ0v) is 20.7. The predicted molar refractivity (Wildman–Crippen MR) is 149 cm³/mol. The predicted octanol–water partition coefficient (Wildman–Crippen LogP) is 6.76. The van der Waals surface area contributed by atoms with Gasteiger partial charge in [0.05, 0.1) is 11.3 Å². The first-order valence-corrected chi connectivity index (χ1v) is 12.2. The lowest BCUT2D eigenvalue weighted by atomic mass is 9.91. The Hall–Kier alpha value is -4.38. The van der Waals surface area contributed by atoms with Crippen LogP contribution in [-0.2, 0) is 13.0 Å². The Kier molecular flexibility index (Phi) is 6.30. The van der Waals surface area contributed by atoms with Crippen LogP contribution in [0.2, 0.25) is 0 Å². The fourth-order valence-electron chi connectivity index (χ4n) is 5.02. The third kappa shape index (κ3) is 4.36. The summed E-state index contributed by atoms with van der Waals surface area (Å²) < 4.78 is 0. The van der Waals surface area contributed by atoms with E-state index in [0.29, 0.717) is 18.5 Å². The van der Waals surface area contributed by atoms with Crippen LogP contribution >= 0.6 is 0 Å². The van der Waals surface area contributed by atoms with Crippen LogP contribution in [0.4, 0.5) is 11.5 Å². The van der Waals surface area contributed by atoms with Crippen molar-refractivity contribution >= 4 is 29.7 Å². The summed E-state index contributed by atoms with van der Waals surface area (Å²) in [6.07, 6.45) is 6.21. The molecule has 0 fully saturated rings. The molecule has 5 heteroatoms. The van der Waals surface area contributed by atoms with Crippen molar-refractivity contribution in [2.24, 2.45) is 4.99 Å². The van der Waals surface area contributed by atoms with E-state index in [9.17, 15) is 4.79 Å². The highest BCUT2D eigenvalue weighted by molar-refractivity contribution is 6.03. The van der Waals surface area contributed by atoms with Crippen molar-refractivity contribution in [2.75, 3.05) is 4.90 Å². The smallest absolute Gasteiger partial charge is 0.255 e. The van der Waals surface area contributed by atoms with Crippen LogP contribution < -0.4 is 10.2 Å². The number of benzene rings is 3. The van der Waals surface area contributed by atoms with Gasteiger partial charge in [0.25, 0.3) is 5.91 Å². The first-order chi connectivity index (χ1) is 17.5. The highest BCUT2D eigenvalue weighted by Gasteiger charge is 2.40. The Labute approximate surface area is 212 Å². The standard InChI is InChI=1S/C31H30N4O/c1-4-25-27(20-33-29(25)32-5-2)24-16-17-26-28(18-24)35(21-23-14-10-7-11-15-23)31(3,34-30(26)36)19-22-12-8-6-9-13-22/h4-18,20,33H,1,19,21H2,2-3H3,(H,34,36). The number of aromatic nitrogens is 1. The third-order valence-electron chi connectivity index (χ3n) is 6.76. The SMILES string of the molecule is C=Cc1c(-c2ccc3c(c2)N(Cc2ccccc2)C(C)(Cc2ccccc2)NC3=O)c[nH]c1N=CC. The van der Waals surface area contributed by atoms with Crippen molar-refractivity contribution in [2.45, 2.75) is 32.5 Å². The van der Waals surface area contributed by atoms with E-state index in [1.54, 1.807) is 6.21 Å². The average Bonchev–Trinajstić information content (AvgIpc) is 3.30. The van der Waals surface area contributed by atoms with Gasteiger partial charge in [0, 0.05) is 36.5 Å². The summed E-state index contributed by atoms with van der Waals surface area (Å²) >= 11 is 0. The van der Waals surface area contributed by atoms with Crippen LogP contribution in [0.15, 0.2) is 96.6 Å². The molecule has 1 amide bonds. The van der Waals surface area contributed by atoms with Crippen LogP contribution in [0.3, 0.4) is 0 Å². The van der Waals surface area contributed by atoms with Gasteiger partial charge in [0.15, 0.2) is 0 Å². The normalized spacial score (nSPS) is 17.2. The highest BCUT2D eigenvalue weighted by atomic mass is 16.2. The number of nitrogens with one attached hydrogen (secondary N) is 2. The fraction of sp³-hybridized carbons (Fsp3) is 0.161. The van der Waals surface area contributed by atoms with Crippen molar-refractivity contribution in [3.05, 3.63) is 114 Å². The number of hydrogen-bond acceptors (Lipinski definition) is 3. The van der Waals surface area contributed by atoms with Crippen molar-refractivity contribution in [3.63, 3.8) is 0 Å².